The van der Waals surface area contributed by atoms with Crippen LogP contribution in [0.5, 0.6) is 0 Å². The number of ether oxygens (including phenoxy) is 1. The third-order valence-corrected chi connectivity index (χ3v) is 4.17. The minimum Gasteiger partial charge on any atom is -0.378 e. The Morgan fingerprint density at radius 2 is 2.00 bits per heavy atom. The number of carbonyl (C=O) groups is 1. The lowest BCUT2D eigenvalue weighted by Gasteiger charge is -2.45. The van der Waals surface area contributed by atoms with Gasteiger partial charge in [0, 0.05) is 24.0 Å². The van der Waals surface area contributed by atoms with E-state index in [9.17, 15) is 4.79 Å². The topological polar surface area (TPSA) is 29.5 Å². The summed E-state index contributed by atoms with van der Waals surface area (Å²) in [5.74, 6) is 0. The number of morpholine rings is 1. The van der Waals surface area contributed by atoms with Crippen molar-refractivity contribution in [1.29, 1.82) is 0 Å². The first-order chi connectivity index (χ1) is 7.58. The van der Waals surface area contributed by atoms with Gasteiger partial charge in [0.25, 0.3) is 0 Å². The van der Waals surface area contributed by atoms with E-state index in [1.54, 1.807) is 0 Å². The number of hydrogen-bond donors (Lipinski definition) is 0. The molecule has 2 fully saturated rings. The van der Waals surface area contributed by atoms with Gasteiger partial charge in [0.1, 0.15) is 6.29 Å². The van der Waals surface area contributed by atoms with Crippen LogP contribution in [0.15, 0.2) is 0 Å². The van der Waals surface area contributed by atoms with E-state index in [1.165, 1.54) is 19.1 Å². The van der Waals surface area contributed by atoms with E-state index in [0.29, 0.717) is 0 Å². The lowest BCUT2D eigenvalue weighted by molar-refractivity contribution is -0.121. The van der Waals surface area contributed by atoms with Crippen molar-refractivity contribution >= 4 is 6.29 Å². The lowest BCUT2D eigenvalue weighted by Crippen LogP contribution is -2.56. The van der Waals surface area contributed by atoms with Gasteiger partial charge in [-0.25, -0.2) is 0 Å². The highest BCUT2D eigenvalue weighted by molar-refractivity contribution is 5.60. The van der Waals surface area contributed by atoms with E-state index >= 15 is 0 Å². The van der Waals surface area contributed by atoms with Crippen molar-refractivity contribution in [2.24, 2.45) is 5.41 Å². The number of hydrogen-bond acceptors (Lipinski definition) is 3. The molecule has 0 radical (unpaired) electrons. The fourth-order valence-electron chi connectivity index (χ4n) is 2.96. The molecule has 92 valence electrons. The Hall–Kier alpha value is -0.410. The minimum absolute atomic E-state index is 0.0609. The molecule has 1 aliphatic heterocycles. The van der Waals surface area contributed by atoms with Gasteiger partial charge in [-0.2, -0.15) is 0 Å². The number of rotatable bonds is 3. The molecule has 16 heavy (non-hydrogen) atoms. The average molecular weight is 225 g/mol. The molecule has 2 rings (SSSR count). The molecule has 1 aliphatic carbocycles. The monoisotopic (exact) mass is 225 g/mol. The van der Waals surface area contributed by atoms with Crippen LogP contribution in [0, 0.1) is 5.41 Å². The minimum atomic E-state index is -0.0609. The van der Waals surface area contributed by atoms with Crippen LogP contribution in [0.25, 0.3) is 0 Å². The van der Waals surface area contributed by atoms with Gasteiger partial charge in [-0.1, -0.05) is 12.8 Å². The van der Waals surface area contributed by atoms with Crippen molar-refractivity contribution < 1.29 is 9.53 Å². The van der Waals surface area contributed by atoms with E-state index in [2.05, 4.69) is 18.7 Å². The molecule has 1 heterocycles. The molecular formula is C13H23NO2. The highest BCUT2D eigenvalue weighted by atomic mass is 16.5. The maximum absolute atomic E-state index is 11.4. The second kappa shape index (κ2) is 4.46. The van der Waals surface area contributed by atoms with E-state index in [1.807, 2.05) is 0 Å². The van der Waals surface area contributed by atoms with Gasteiger partial charge >= 0.3 is 0 Å². The Morgan fingerprint density at radius 3 is 2.56 bits per heavy atom. The van der Waals surface area contributed by atoms with Crippen molar-refractivity contribution in [1.82, 2.24) is 4.90 Å². The number of nitrogens with zero attached hydrogens (tertiary/aromatic N) is 1. The second-order valence-corrected chi connectivity index (χ2v) is 5.97. The largest absolute Gasteiger partial charge is 0.378 e. The molecule has 0 bridgehead atoms. The van der Waals surface area contributed by atoms with Gasteiger partial charge in [0.15, 0.2) is 0 Å². The first kappa shape index (κ1) is 12.1. The molecule has 1 saturated carbocycles. The number of aldehydes is 1. The number of carbonyl (C=O) groups excluding carboxylic acids is 1. The summed E-state index contributed by atoms with van der Waals surface area (Å²) in [6.07, 6.45) is 5.78. The normalized spacial score (nSPS) is 29.1. The summed E-state index contributed by atoms with van der Waals surface area (Å²) in [4.78, 5) is 13.8. The van der Waals surface area contributed by atoms with Gasteiger partial charge in [-0.05, 0) is 26.7 Å². The summed E-state index contributed by atoms with van der Waals surface area (Å²) in [6.45, 7) is 7.88. The molecule has 2 aliphatic rings. The molecule has 0 aromatic rings. The highest BCUT2D eigenvalue weighted by Gasteiger charge is 2.40. The molecular weight excluding hydrogens is 202 g/mol. The van der Waals surface area contributed by atoms with E-state index in [-0.39, 0.29) is 11.0 Å². The molecule has 0 spiro atoms. The Balaban J connectivity index is 2.04. The van der Waals surface area contributed by atoms with Crippen LogP contribution in [-0.2, 0) is 9.53 Å². The highest BCUT2D eigenvalue weighted by Crippen LogP contribution is 2.38. The molecule has 0 N–H and O–H groups in total. The van der Waals surface area contributed by atoms with Crippen LogP contribution in [0.4, 0.5) is 0 Å². The molecule has 0 atom stereocenters. The molecule has 3 nitrogen and oxygen atoms in total. The van der Waals surface area contributed by atoms with Crippen LogP contribution in [-0.4, -0.2) is 43.0 Å². The zero-order valence-corrected chi connectivity index (χ0v) is 10.5. The Kier molecular flexibility index (Phi) is 3.36. The quantitative estimate of drug-likeness (QED) is 0.687. The zero-order valence-electron chi connectivity index (χ0n) is 10.5. The van der Waals surface area contributed by atoms with E-state index in [4.69, 9.17) is 4.74 Å². The fraction of sp³-hybridized carbons (Fsp3) is 0.923. The van der Waals surface area contributed by atoms with Crippen LogP contribution >= 0.6 is 0 Å². The average Bonchev–Trinajstić information content (AvgIpc) is 2.71. The molecule has 0 unspecified atom stereocenters. The van der Waals surface area contributed by atoms with Gasteiger partial charge in [-0.15, -0.1) is 0 Å². The van der Waals surface area contributed by atoms with Gasteiger partial charge in [0.2, 0.25) is 0 Å². The summed E-state index contributed by atoms with van der Waals surface area (Å²) >= 11 is 0. The summed E-state index contributed by atoms with van der Waals surface area (Å²) in [5.41, 5.74) is 0.0193. The van der Waals surface area contributed by atoms with Crippen molar-refractivity contribution in [2.75, 3.05) is 26.3 Å². The van der Waals surface area contributed by atoms with Crippen LogP contribution < -0.4 is 0 Å². The SMILES string of the molecule is CC1(C)COCCN1CC1(C=O)CCCC1. The molecule has 3 heteroatoms. The van der Waals surface area contributed by atoms with Crippen molar-refractivity contribution in [3.05, 3.63) is 0 Å². The van der Waals surface area contributed by atoms with Crippen molar-refractivity contribution in [2.45, 2.75) is 45.1 Å². The first-order valence-electron chi connectivity index (χ1n) is 6.37. The second-order valence-electron chi connectivity index (χ2n) is 5.97. The molecule has 1 saturated heterocycles. The van der Waals surface area contributed by atoms with Crippen molar-refractivity contribution in [3.8, 4) is 0 Å². The summed E-state index contributed by atoms with van der Waals surface area (Å²) < 4.78 is 5.52. The maximum Gasteiger partial charge on any atom is 0.127 e. The Morgan fingerprint density at radius 1 is 1.31 bits per heavy atom. The molecule has 0 aromatic carbocycles. The third-order valence-electron chi connectivity index (χ3n) is 4.17. The van der Waals surface area contributed by atoms with Gasteiger partial charge in [0.05, 0.1) is 13.2 Å². The molecule has 0 aromatic heterocycles. The summed E-state index contributed by atoms with van der Waals surface area (Å²) in [6, 6.07) is 0. The van der Waals surface area contributed by atoms with Crippen LogP contribution in [0.1, 0.15) is 39.5 Å². The van der Waals surface area contributed by atoms with Gasteiger partial charge in [-0.3, -0.25) is 4.90 Å². The zero-order chi connectivity index (χ0) is 11.6. The standard InChI is InChI=1S/C13H23NO2/c1-12(2)11-16-8-7-14(12)9-13(10-15)5-3-4-6-13/h10H,3-9,11H2,1-2H3. The van der Waals surface area contributed by atoms with Crippen LogP contribution in [0.2, 0.25) is 0 Å². The lowest BCUT2D eigenvalue weighted by atomic mass is 9.85. The molecule has 0 amide bonds. The van der Waals surface area contributed by atoms with Crippen LogP contribution in [0.3, 0.4) is 0 Å². The Bertz CT molecular complexity index is 257. The predicted molar refractivity (Wildman–Crippen MR) is 63.4 cm³/mol. The fourth-order valence-corrected chi connectivity index (χ4v) is 2.96. The maximum atomic E-state index is 11.4. The summed E-state index contributed by atoms with van der Waals surface area (Å²) in [7, 11) is 0. The smallest absolute Gasteiger partial charge is 0.127 e. The third kappa shape index (κ3) is 2.30. The van der Waals surface area contributed by atoms with Crippen molar-refractivity contribution in [3.63, 3.8) is 0 Å². The first-order valence-corrected chi connectivity index (χ1v) is 6.37. The van der Waals surface area contributed by atoms with Gasteiger partial charge < -0.3 is 9.53 Å². The predicted octanol–water partition coefficient (Wildman–Crippen LogP) is 1.86. The van der Waals surface area contributed by atoms with E-state index < -0.39 is 0 Å². The van der Waals surface area contributed by atoms with E-state index in [0.717, 1.165) is 39.1 Å². The Labute approximate surface area is 98.1 Å². The summed E-state index contributed by atoms with van der Waals surface area (Å²) in [5, 5.41) is 0.